The molecular weight excluding hydrogens is 602 g/mol. The van der Waals surface area contributed by atoms with Gasteiger partial charge in [0.15, 0.2) is 0 Å². The first-order valence-electron chi connectivity index (χ1n) is 14.2. The average Bonchev–Trinajstić information content (AvgIpc) is 3.06. The normalized spacial score (nSPS) is 11.7. The van der Waals surface area contributed by atoms with Gasteiger partial charge in [0, 0.05) is 16.1 Å². The summed E-state index contributed by atoms with van der Waals surface area (Å²) < 4.78 is 0. The Kier molecular flexibility index (Phi) is 10.5. The number of halogens is 1. The Bertz CT molecular complexity index is 1830. The zero-order valence-electron chi connectivity index (χ0n) is 24.4. The molecule has 0 radical (unpaired) electrons. The van der Waals surface area contributed by atoms with Crippen molar-refractivity contribution < 1.29 is 14.4 Å². The molecule has 6 nitrogen and oxygen atoms in total. The van der Waals surface area contributed by atoms with Crippen molar-refractivity contribution >= 4 is 58.5 Å². The number of carbonyl (C=O) groups excluding carboxylic acids is 3. The van der Waals surface area contributed by atoms with Crippen LogP contribution >= 0.6 is 23.4 Å². The number of thioether (sulfide) groups is 1. The molecule has 3 N–H and O–H groups in total. The Labute approximate surface area is 271 Å². The number of hydrogen-bond donors (Lipinski definition) is 3. The van der Waals surface area contributed by atoms with E-state index < -0.39 is 17.1 Å². The van der Waals surface area contributed by atoms with Gasteiger partial charge in [0.1, 0.15) is 10.9 Å². The number of rotatable bonds is 10. The van der Waals surface area contributed by atoms with Crippen molar-refractivity contribution in [2.24, 2.45) is 0 Å². The molecule has 0 bridgehead atoms. The summed E-state index contributed by atoms with van der Waals surface area (Å²) in [5.41, 5.74) is 4.26. The van der Waals surface area contributed by atoms with Crippen LogP contribution in [0.5, 0.6) is 0 Å². The second kappa shape index (κ2) is 15.1. The van der Waals surface area contributed by atoms with Crippen LogP contribution in [-0.4, -0.2) is 17.7 Å². The topological polar surface area (TPSA) is 87.3 Å². The monoisotopic (exact) mass is 631 g/mol. The zero-order valence-corrected chi connectivity index (χ0v) is 25.9. The van der Waals surface area contributed by atoms with E-state index in [9.17, 15) is 14.4 Å². The van der Waals surface area contributed by atoms with E-state index in [4.69, 9.17) is 11.6 Å². The molecule has 0 fully saturated rings. The van der Waals surface area contributed by atoms with Crippen molar-refractivity contribution in [3.8, 4) is 0 Å². The minimum Gasteiger partial charge on any atom is -0.323 e. The smallest absolute Gasteiger partial charge is 0.272 e. The number of carbonyl (C=O) groups is 3. The Balaban J connectivity index is 1.33. The molecule has 0 aliphatic rings. The van der Waals surface area contributed by atoms with E-state index in [0.717, 1.165) is 21.6 Å². The van der Waals surface area contributed by atoms with Gasteiger partial charge in [-0.15, -0.1) is 11.8 Å². The van der Waals surface area contributed by atoms with E-state index in [2.05, 4.69) is 16.0 Å². The van der Waals surface area contributed by atoms with Crippen molar-refractivity contribution in [1.82, 2.24) is 5.32 Å². The summed E-state index contributed by atoms with van der Waals surface area (Å²) in [7, 11) is 0. The fourth-order valence-electron chi connectivity index (χ4n) is 4.48. The van der Waals surface area contributed by atoms with Gasteiger partial charge in [-0.1, -0.05) is 102 Å². The number of nitrogens with one attached hydrogen (secondary N) is 3. The van der Waals surface area contributed by atoms with Gasteiger partial charge >= 0.3 is 0 Å². The van der Waals surface area contributed by atoms with Gasteiger partial charge in [0.25, 0.3) is 11.8 Å². The molecule has 224 valence electrons. The van der Waals surface area contributed by atoms with E-state index in [0.29, 0.717) is 22.0 Å². The number of para-hydroxylation sites is 1. The fraction of sp³-hybridized carbons (Fsp3) is 0.0541. The van der Waals surface area contributed by atoms with E-state index in [1.165, 1.54) is 11.8 Å². The van der Waals surface area contributed by atoms with Crippen LogP contribution in [-0.2, 0) is 9.59 Å². The fourth-order valence-corrected chi connectivity index (χ4v) is 5.69. The van der Waals surface area contributed by atoms with Crippen LogP contribution in [0, 0.1) is 6.92 Å². The molecule has 0 aromatic heterocycles. The van der Waals surface area contributed by atoms with Crippen LogP contribution in [0.2, 0.25) is 5.02 Å². The molecular formula is C37H30ClN3O3S. The third kappa shape index (κ3) is 8.72. The van der Waals surface area contributed by atoms with Crippen LogP contribution in [0.25, 0.3) is 6.08 Å². The lowest BCUT2D eigenvalue weighted by atomic mass is 10.1. The van der Waals surface area contributed by atoms with E-state index in [1.54, 1.807) is 60.7 Å². The molecule has 45 heavy (non-hydrogen) atoms. The molecule has 1 unspecified atom stereocenters. The molecule has 0 aliphatic carbocycles. The Morgan fingerprint density at radius 3 is 2.09 bits per heavy atom. The summed E-state index contributed by atoms with van der Waals surface area (Å²) in [6, 6.07) is 40.2. The predicted octanol–water partition coefficient (Wildman–Crippen LogP) is 8.53. The minimum absolute atomic E-state index is 0.105. The van der Waals surface area contributed by atoms with Gasteiger partial charge in [0.05, 0.1) is 10.7 Å². The lowest BCUT2D eigenvalue weighted by Gasteiger charge is -2.18. The molecule has 1 atom stereocenters. The molecule has 0 heterocycles. The van der Waals surface area contributed by atoms with Crippen molar-refractivity contribution in [3.63, 3.8) is 0 Å². The maximum Gasteiger partial charge on any atom is 0.272 e. The van der Waals surface area contributed by atoms with Gasteiger partial charge in [-0.2, -0.15) is 0 Å². The lowest BCUT2D eigenvalue weighted by Crippen LogP contribution is -2.30. The second-order valence-electron chi connectivity index (χ2n) is 10.1. The molecule has 3 amide bonds. The summed E-state index contributed by atoms with van der Waals surface area (Å²) in [5, 5.41) is 8.49. The van der Waals surface area contributed by atoms with Gasteiger partial charge < -0.3 is 16.0 Å². The third-order valence-electron chi connectivity index (χ3n) is 6.72. The minimum atomic E-state index is -0.556. The highest BCUT2D eigenvalue weighted by Gasteiger charge is 2.23. The van der Waals surface area contributed by atoms with Gasteiger partial charge in [-0.3, -0.25) is 14.4 Å². The highest BCUT2D eigenvalue weighted by molar-refractivity contribution is 8.00. The Morgan fingerprint density at radius 2 is 1.40 bits per heavy atom. The van der Waals surface area contributed by atoms with E-state index in [1.807, 2.05) is 85.8 Å². The summed E-state index contributed by atoms with van der Waals surface area (Å²) in [6.07, 6.45) is 1.65. The molecule has 0 saturated carbocycles. The highest BCUT2D eigenvalue weighted by Crippen LogP contribution is 2.37. The van der Waals surface area contributed by atoms with Crippen LogP contribution < -0.4 is 16.0 Å². The molecule has 5 aromatic rings. The van der Waals surface area contributed by atoms with Crippen molar-refractivity contribution in [1.29, 1.82) is 0 Å². The summed E-state index contributed by atoms with van der Waals surface area (Å²) in [4.78, 5) is 40.6. The number of aryl methyl sites for hydroxylation is 1. The highest BCUT2D eigenvalue weighted by atomic mass is 35.5. The summed E-state index contributed by atoms with van der Waals surface area (Å²) >= 11 is 7.67. The molecule has 8 heteroatoms. The first-order chi connectivity index (χ1) is 21.9. The van der Waals surface area contributed by atoms with Gasteiger partial charge in [-0.05, 0) is 72.7 Å². The molecule has 0 saturated heterocycles. The first-order valence-corrected chi connectivity index (χ1v) is 15.4. The Morgan fingerprint density at radius 1 is 0.733 bits per heavy atom. The summed E-state index contributed by atoms with van der Waals surface area (Å²) in [5.74, 6) is -1.07. The van der Waals surface area contributed by atoms with Crippen LogP contribution in [0.15, 0.2) is 144 Å². The SMILES string of the molecule is Cc1cccc(/C=C(\NC(=O)c2ccccc2)C(=O)Nc2ccc(SC(C(=O)Nc3ccccc3Cl)c3ccccc3)cc2)c1. The molecule has 0 aliphatic heterocycles. The van der Waals surface area contributed by atoms with Crippen molar-refractivity contribution in [2.45, 2.75) is 17.1 Å². The van der Waals surface area contributed by atoms with E-state index in [-0.39, 0.29) is 11.6 Å². The predicted molar refractivity (Wildman–Crippen MR) is 183 cm³/mol. The quantitative estimate of drug-likeness (QED) is 0.106. The van der Waals surface area contributed by atoms with Gasteiger partial charge in [0.2, 0.25) is 5.91 Å². The molecule has 5 rings (SSSR count). The second-order valence-corrected chi connectivity index (χ2v) is 11.7. The standard InChI is InChI=1S/C37H30ClN3O3S/c1-25-11-10-12-26(23-25)24-33(41-35(42)28-15-6-3-7-16-28)36(43)39-29-19-21-30(22-20-29)45-34(27-13-4-2-5-14-27)37(44)40-32-18-9-8-17-31(32)38/h2-24,34H,1H3,(H,39,43)(H,40,44)(H,41,42)/b33-24-. The number of amides is 3. The average molecular weight is 632 g/mol. The van der Waals surface area contributed by atoms with Crippen LogP contribution in [0.3, 0.4) is 0 Å². The number of benzene rings is 5. The summed E-state index contributed by atoms with van der Waals surface area (Å²) in [6.45, 7) is 1.96. The maximum atomic E-state index is 13.4. The molecule has 0 spiro atoms. The van der Waals surface area contributed by atoms with Crippen LogP contribution in [0.4, 0.5) is 11.4 Å². The molecule has 5 aromatic carbocycles. The number of hydrogen-bond acceptors (Lipinski definition) is 4. The van der Waals surface area contributed by atoms with Crippen LogP contribution in [0.1, 0.15) is 32.3 Å². The van der Waals surface area contributed by atoms with E-state index >= 15 is 0 Å². The zero-order chi connectivity index (χ0) is 31.6. The maximum absolute atomic E-state index is 13.4. The van der Waals surface area contributed by atoms with Crippen molar-refractivity contribution in [3.05, 3.63) is 166 Å². The lowest BCUT2D eigenvalue weighted by molar-refractivity contribution is -0.116. The first kappa shape index (κ1) is 31.3. The number of anilines is 2. The Hall–Kier alpha value is -5.11. The largest absolute Gasteiger partial charge is 0.323 e. The van der Waals surface area contributed by atoms with Crippen molar-refractivity contribution in [2.75, 3.05) is 10.6 Å². The third-order valence-corrected chi connectivity index (χ3v) is 8.32. The van der Waals surface area contributed by atoms with Gasteiger partial charge in [-0.25, -0.2) is 0 Å².